The van der Waals surface area contributed by atoms with E-state index in [-0.39, 0.29) is 5.91 Å². The van der Waals surface area contributed by atoms with Gasteiger partial charge in [0, 0.05) is 42.0 Å². The van der Waals surface area contributed by atoms with Gasteiger partial charge < -0.3 is 19.7 Å². The molecule has 1 N–H and O–H groups in total. The minimum Gasteiger partial charge on any atom is -0.493 e. The molecule has 0 atom stereocenters. The minimum absolute atomic E-state index is 0.0624. The molecule has 0 spiro atoms. The molecule has 2 aromatic carbocycles. The second-order valence-corrected chi connectivity index (χ2v) is 9.81. The average Bonchev–Trinajstić information content (AvgIpc) is 3.69. The zero-order chi connectivity index (χ0) is 26.2. The molecule has 1 amide bonds. The predicted molar refractivity (Wildman–Crippen MR) is 149 cm³/mol. The van der Waals surface area contributed by atoms with Crippen molar-refractivity contribution in [2.24, 2.45) is 7.05 Å². The quantitative estimate of drug-likeness (QED) is 0.319. The Morgan fingerprint density at radius 2 is 1.95 bits per heavy atom. The van der Waals surface area contributed by atoms with Gasteiger partial charge in [-0.2, -0.15) is 16.4 Å². The first-order chi connectivity index (χ1) is 18.6. The van der Waals surface area contributed by atoms with Crippen molar-refractivity contribution in [3.8, 4) is 22.6 Å². The molecule has 0 radical (unpaired) electrons. The number of amides is 1. The standard InChI is InChI=1S/C28H26N6O3S/c1-33-24(21(14-31-33)18-7-9-38-15-18)13-27(35)34-8-6-17-10-19(4-5-23(17)34)32-28-20-11-25(36-2)26(37-3)12-22(20)29-16-30-28/h4-5,7,9-12,14-16H,6,8,13H2,1-3H3,(H,29,30,32). The van der Waals surface area contributed by atoms with Crippen LogP contribution in [-0.4, -0.2) is 46.4 Å². The molecule has 1 aliphatic heterocycles. The molecule has 4 heterocycles. The summed E-state index contributed by atoms with van der Waals surface area (Å²) in [5.41, 5.74) is 6.71. The van der Waals surface area contributed by atoms with E-state index in [4.69, 9.17) is 9.47 Å². The van der Waals surface area contributed by atoms with Crippen LogP contribution in [0.3, 0.4) is 0 Å². The number of methoxy groups -OCH3 is 2. The molecular formula is C28H26N6O3S. The highest BCUT2D eigenvalue weighted by Crippen LogP contribution is 2.36. The molecule has 1 aliphatic rings. The number of ether oxygens (including phenoxy) is 2. The Balaban J connectivity index is 1.24. The molecule has 192 valence electrons. The molecule has 0 fully saturated rings. The summed E-state index contributed by atoms with van der Waals surface area (Å²) in [4.78, 5) is 24.1. The fourth-order valence-electron chi connectivity index (χ4n) is 4.93. The van der Waals surface area contributed by atoms with Crippen LogP contribution in [0, 0.1) is 0 Å². The lowest BCUT2D eigenvalue weighted by Gasteiger charge is -2.18. The number of aromatic nitrogens is 4. The van der Waals surface area contributed by atoms with Gasteiger partial charge in [-0.1, -0.05) is 0 Å². The van der Waals surface area contributed by atoms with E-state index in [0.29, 0.717) is 30.3 Å². The van der Waals surface area contributed by atoms with Crippen molar-refractivity contribution >= 4 is 45.3 Å². The van der Waals surface area contributed by atoms with Crippen LogP contribution in [0.2, 0.25) is 0 Å². The first-order valence-corrected chi connectivity index (χ1v) is 13.1. The third kappa shape index (κ3) is 4.22. The largest absolute Gasteiger partial charge is 0.493 e. The number of nitrogens with zero attached hydrogens (tertiary/aromatic N) is 5. The summed E-state index contributed by atoms with van der Waals surface area (Å²) < 4.78 is 12.7. The number of rotatable bonds is 7. The van der Waals surface area contributed by atoms with Crippen molar-refractivity contribution in [3.05, 3.63) is 70.9 Å². The van der Waals surface area contributed by atoms with Crippen LogP contribution in [0.5, 0.6) is 11.5 Å². The SMILES string of the molecule is COc1cc2ncnc(Nc3ccc4c(c3)CCN4C(=O)Cc3c(-c4ccsc4)cnn3C)c2cc1OC. The number of thiophene rings is 1. The Labute approximate surface area is 223 Å². The molecule has 0 bridgehead atoms. The minimum atomic E-state index is 0.0624. The van der Waals surface area contributed by atoms with Crippen molar-refractivity contribution < 1.29 is 14.3 Å². The number of benzene rings is 2. The number of fused-ring (bicyclic) bond motifs is 2. The lowest BCUT2D eigenvalue weighted by Crippen LogP contribution is -2.31. The Bertz CT molecular complexity index is 1650. The Hall–Kier alpha value is -4.44. The molecule has 0 saturated heterocycles. The van der Waals surface area contributed by atoms with Crippen molar-refractivity contribution in [1.29, 1.82) is 0 Å². The van der Waals surface area contributed by atoms with E-state index in [2.05, 4.69) is 37.9 Å². The predicted octanol–water partition coefficient (Wildman–Crippen LogP) is 4.98. The lowest BCUT2D eigenvalue weighted by atomic mass is 10.1. The molecule has 5 aromatic rings. The van der Waals surface area contributed by atoms with E-state index in [1.807, 2.05) is 47.8 Å². The van der Waals surface area contributed by atoms with E-state index in [0.717, 1.165) is 51.1 Å². The van der Waals surface area contributed by atoms with Crippen molar-refractivity contribution in [2.45, 2.75) is 12.8 Å². The van der Waals surface area contributed by atoms with Crippen molar-refractivity contribution in [2.75, 3.05) is 31.0 Å². The summed E-state index contributed by atoms with van der Waals surface area (Å²) in [6.07, 6.45) is 4.43. The van der Waals surface area contributed by atoms with Gasteiger partial charge in [0.2, 0.25) is 5.91 Å². The third-order valence-corrected chi connectivity index (χ3v) is 7.58. The van der Waals surface area contributed by atoms with E-state index < -0.39 is 0 Å². The fourth-order valence-corrected chi connectivity index (χ4v) is 5.58. The summed E-state index contributed by atoms with van der Waals surface area (Å²) in [6, 6.07) is 11.8. The molecule has 0 unspecified atom stereocenters. The van der Waals surface area contributed by atoms with Crippen LogP contribution in [-0.2, 0) is 24.7 Å². The van der Waals surface area contributed by atoms with Crippen LogP contribution < -0.4 is 19.7 Å². The fraction of sp³-hybridized carbons (Fsp3) is 0.214. The van der Waals surface area contributed by atoms with Crippen molar-refractivity contribution in [1.82, 2.24) is 19.7 Å². The number of aryl methyl sites for hydroxylation is 1. The summed E-state index contributed by atoms with van der Waals surface area (Å²) >= 11 is 1.63. The van der Waals surface area contributed by atoms with Crippen LogP contribution in [0.15, 0.2) is 59.7 Å². The van der Waals surface area contributed by atoms with Gasteiger partial charge in [0.15, 0.2) is 11.5 Å². The van der Waals surface area contributed by atoms with Gasteiger partial charge >= 0.3 is 0 Å². The van der Waals surface area contributed by atoms with Crippen LogP contribution in [0.25, 0.3) is 22.0 Å². The molecule has 10 heteroatoms. The van der Waals surface area contributed by atoms with E-state index >= 15 is 0 Å². The van der Waals surface area contributed by atoms with Crippen LogP contribution in [0.4, 0.5) is 17.2 Å². The first kappa shape index (κ1) is 23.9. The molecule has 9 nitrogen and oxygen atoms in total. The Kier molecular flexibility index (Phi) is 6.16. The van der Waals surface area contributed by atoms with Gasteiger partial charge in [-0.25, -0.2) is 9.97 Å². The van der Waals surface area contributed by atoms with Gasteiger partial charge in [0.25, 0.3) is 0 Å². The van der Waals surface area contributed by atoms with E-state index in [1.165, 1.54) is 6.33 Å². The molecule has 3 aromatic heterocycles. The summed E-state index contributed by atoms with van der Waals surface area (Å²) in [7, 11) is 5.09. The summed E-state index contributed by atoms with van der Waals surface area (Å²) in [5.74, 6) is 1.95. The zero-order valence-electron chi connectivity index (χ0n) is 21.3. The second kappa shape index (κ2) is 9.79. The van der Waals surface area contributed by atoms with Gasteiger partial charge in [-0.15, -0.1) is 0 Å². The second-order valence-electron chi connectivity index (χ2n) is 9.03. The highest BCUT2D eigenvalue weighted by molar-refractivity contribution is 7.08. The molecule has 0 aliphatic carbocycles. The highest BCUT2D eigenvalue weighted by Gasteiger charge is 2.27. The maximum Gasteiger partial charge on any atom is 0.233 e. The third-order valence-electron chi connectivity index (χ3n) is 6.89. The molecule has 38 heavy (non-hydrogen) atoms. The highest BCUT2D eigenvalue weighted by atomic mass is 32.1. The van der Waals surface area contributed by atoms with Crippen molar-refractivity contribution in [3.63, 3.8) is 0 Å². The number of anilines is 3. The molecule has 6 rings (SSSR count). The smallest absolute Gasteiger partial charge is 0.233 e. The van der Waals surface area contributed by atoms with Crippen LogP contribution >= 0.6 is 11.3 Å². The topological polar surface area (TPSA) is 94.4 Å². The Morgan fingerprint density at radius 1 is 1.11 bits per heavy atom. The Morgan fingerprint density at radius 3 is 2.74 bits per heavy atom. The summed E-state index contributed by atoms with van der Waals surface area (Å²) in [6.45, 7) is 0.649. The van der Waals surface area contributed by atoms with Crippen LogP contribution in [0.1, 0.15) is 11.3 Å². The number of carbonyl (C=O) groups excluding carboxylic acids is 1. The normalized spacial score (nSPS) is 12.6. The molecule has 0 saturated carbocycles. The average molecular weight is 527 g/mol. The molecular weight excluding hydrogens is 500 g/mol. The maximum absolute atomic E-state index is 13.4. The van der Waals surface area contributed by atoms with E-state index in [1.54, 1.807) is 30.2 Å². The number of hydrogen-bond donors (Lipinski definition) is 1. The van der Waals surface area contributed by atoms with Gasteiger partial charge in [0.05, 0.1) is 38.0 Å². The zero-order valence-corrected chi connectivity index (χ0v) is 22.1. The van der Waals surface area contributed by atoms with Gasteiger partial charge in [-0.05, 0) is 58.6 Å². The van der Waals surface area contributed by atoms with Gasteiger partial charge in [0.1, 0.15) is 12.1 Å². The van der Waals surface area contributed by atoms with Gasteiger partial charge in [-0.3, -0.25) is 9.48 Å². The number of hydrogen-bond acceptors (Lipinski definition) is 8. The summed E-state index contributed by atoms with van der Waals surface area (Å²) in [5, 5.41) is 12.8. The number of nitrogens with one attached hydrogen (secondary N) is 1. The number of carbonyl (C=O) groups is 1. The first-order valence-electron chi connectivity index (χ1n) is 12.2. The monoisotopic (exact) mass is 526 g/mol. The van der Waals surface area contributed by atoms with E-state index in [9.17, 15) is 4.79 Å². The maximum atomic E-state index is 13.4. The lowest BCUT2D eigenvalue weighted by molar-refractivity contribution is -0.118.